The monoisotopic (exact) mass is 245 g/mol. The molecule has 4 nitrogen and oxygen atoms in total. The summed E-state index contributed by atoms with van der Waals surface area (Å²) in [5.74, 6) is 0.295. The van der Waals surface area contributed by atoms with E-state index in [1.54, 1.807) is 6.92 Å². The van der Waals surface area contributed by atoms with Gasteiger partial charge in [-0.3, -0.25) is 9.59 Å². The molecule has 94 valence electrons. The van der Waals surface area contributed by atoms with Crippen molar-refractivity contribution in [2.45, 2.75) is 26.8 Å². The highest BCUT2D eigenvalue weighted by Crippen LogP contribution is 2.30. The highest BCUT2D eigenvalue weighted by atomic mass is 16.3. The smallest absolute Gasteiger partial charge is 0.217 e. The van der Waals surface area contributed by atoms with Gasteiger partial charge < -0.3 is 9.73 Å². The molecule has 1 aromatic carbocycles. The summed E-state index contributed by atoms with van der Waals surface area (Å²) in [6, 6.07) is 7.04. The van der Waals surface area contributed by atoms with Crippen molar-refractivity contribution >= 4 is 22.7 Å². The number of furan rings is 1. The SMILES string of the molecule is CC(=O)NC(C)c1oc2ccccc2c1C(C)=O. The van der Waals surface area contributed by atoms with E-state index in [1.165, 1.54) is 13.8 Å². The third kappa shape index (κ3) is 2.14. The fourth-order valence-electron chi connectivity index (χ4n) is 2.10. The molecule has 1 N–H and O–H groups in total. The lowest BCUT2D eigenvalue weighted by atomic mass is 10.0. The van der Waals surface area contributed by atoms with Crippen LogP contribution in [-0.4, -0.2) is 11.7 Å². The van der Waals surface area contributed by atoms with E-state index >= 15 is 0 Å². The average molecular weight is 245 g/mol. The topological polar surface area (TPSA) is 59.3 Å². The summed E-state index contributed by atoms with van der Waals surface area (Å²) in [5, 5.41) is 3.52. The lowest BCUT2D eigenvalue weighted by Crippen LogP contribution is -2.24. The molecule has 0 spiro atoms. The first-order valence-corrected chi connectivity index (χ1v) is 5.80. The van der Waals surface area contributed by atoms with Crippen LogP contribution in [0.1, 0.15) is 42.9 Å². The van der Waals surface area contributed by atoms with Gasteiger partial charge in [0.2, 0.25) is 5.91 Å². The van der Waals surface area contributed by atoms with Gasteiger partial charge >= 0.3 is 0 Å². The molecule has 2 rings (SSSR count). The van der Waals surface area contributed by atoms with Crippen LogP contribution in [0.25, 0.3) is 11.0 Å². The van der Waals surface area contributed by atoms with Crippen LogP contribution < -0.4 is 5.32 Å². The summed E-state index contributed by atoms with van der Waals surface area (Å²) >= 11 is 0. The highest BCUT2D eigenvalue weighted by molar-refractivity contribution is 6.07. The van der Waals surface area contributed by atoms with E-state index in [9.17, 15) is 9.59 Å². The molecular weight excluding hydrogens is 230 g/mol. The number of ketones is 1. The van der Waals surface area contributed by atoms with Crippen molar-refractivity contribution in [1.82, 2.24) is 5.32 Å². The number of amides is 1. The number of nitrogens with one attached hydrogen (secondary N) is 1. The first kappa shape index (κ1) is 12.4. The van der Waals surface area contributed by atoms with E-state index in [4.69, 9.17) is 4.42 Å². The zero-order valence-corrected chi connectivity index (χ0v) is 10.6. The van der Waals surface area contributed by atoms with Crippen LogP contribution in [0.4, 0.5) is 0 Å². The first-order valence-electron chi connectivity index (χ1n) is 5.80. The molecule has 4 heteroatoms. The molecule has 0 aliphatic carbocycles. The fraction of sp³-hybridized carbons (Fsp3) is 0.286. The molecule has 1 amide bonds. The number of para-hydroxylation sites is 1. The van der Waals surface area contributed by atoms with Gasteiger partial charge in [0.1, 0.15) is 11.3 Å². The fourth-order valence-corrected chi connectivity index (χ4v) is 2.10. The van der Waals surface area contributed by atoms with Gasteiger partial charge in [0.05, 0.1) is 11.6 Å². The Morgan fingerprint density at radius 2 is 1.89 bits per heavy atom. The van der Waals surface area contributed by atoms with E-state index in [0.29, 0.717) is 16.9 Å². The summed E-state index contributed by atoms with van der Waals surface area (Å²) in [4.78, 5) is 22.8. The van der Waals surface area contributed by atoms with E-state index in [-0.39, 0.29) is 17.7 Å². The second-order valence-corrected chi connectivity index (χ2v) is 4.32. The number of benzene rings is 1. The number of carbonyl (C=O) groups excluding carboxylic acids is 2. The van der Waals surface area contributed by atoms with Crippen molar-refractivity contribution in [3.63, 3.8) is 0 Å². The Balaban J connectivity index is 2.59. The zero-order valence-electron chi connectivity index (χ0n) is 10.6. The molecule has 0 saturated heterocycles. The molecular formula is C14H15NO3. The van der Waals surface area contributed by atoms with Gasteiger partial charge in [-0.1, -0.05) is 18.2 Å². The Morgan fingerprint density at radius 3 is 2.50 bits per heavy atom. The van der Waals surface area contributed by atoms with E-state index in [0.717, 1.165) is 5.39 Å². The first-order chi connectivity index (χ1) is 8.50. The minimum atomic E-state index is -0.325. The van der Waals surface area contributed by atoms with Crippen molar-refractivity contribution in [2.75, 3.05) is 0 Å². The van der Waals surface area contributed by atoms with Gasteiger partial charge in [-0.15, -0.1) is 0 Å². The number of hydrogen-bond donors (Lipinski definition) is 1. The molecule has 0 aliphatic heterocycles. The van der Waals surface area contributed by atoms with Gasteiger partial charge in [-0.25, -0.2) is 0 Å². The van der Waals surface area contributed by atoms with Crippen LogP contribution in [0.3, 0.4) is 0 Å². The molecule has 1 unspecified atom stereocenters. The van der Waals surface area contributed by atoms with Gasteiger partial charge in [0, 0.05) is 12.3 Å². The quantitative estimate of drug-likeness (QED) is 0.846. The van der Waals surface area contributed by atoms with E-state index in [2.05, 4.69) is 5.32 Å². The Hall–Kier alpha value is -2.10. The summed E-state index contributed by atoms with van der Waals surface area (Å²) in [6.45, 7) is 4.74. The molecule has 1 heterocycles. The third-order valence-electron chi connectivity index (χ3n) is 2.79. The molecule has 2 aromatic rings. The van der Waals surface area contributed by atoms with Crippen LogP contribution in [0.5, 0.6) is 0 Å². The van der Waals surface area contributed by atoms with Crippen LogP contribution in [0, 0.1) is 0 Å². The summed E-state index contributed by atoms with van der Waals surface area (Å²) in [6.07, 6.45) is 0. The summed E-state index contributed by atoms with van der Waals surface area (Å²) in [7, 11) is 0. The largest absolute Gasteiger partial charge is 0.458 e. The maximum absolute atomic E-state index is 11.8. The van der Waals surface area contributed by atoms with Crippen LogP contribution in [0.15, 0.2) is 28.7 Å². The molecule has 1 atom stereocenters. The summed E-state index contributed by atoms with van der Waals surface area (Å²) < 4.78 is 5.69. The molecule has 0 bridgehead atoms. The lowest BCUT2D eigenvalue weighted by Gasteiger charge is -2.10. The number of rotatable bonds is 3. The molecule has 0 saturated carbocycles. The number of Topliss-reactive ketones (excluding diaryl/α,β-unsaturated/α-hetero) is 1. The van der Waals surface area contributed by atoms with Crippen molar-refractivity contribution in [3.05, 3.63) is 35.6 Å². The van der Waals surface area contributed by atoms with E-state index in [1.807, 2.05) is 24.3 Å². The third-order valence-corrected chi connectivity index (χ3v) is 2.79. The number of carbonyl (C=O) groups is 2. The normalized spacial score (nSPS) is 12.4. The number of hydrogen-bond acceptors (Lipinski definition) is 3. The predicted octanol–water partition coefficient (Wildman–Crippen LogP) is 2.83. The maximum Gasteiger partial charge on any atom is 0.217 e. The Labute approximate surface area is 105 Å². The predicted molar refractivity (Wildman–Crippen MR) is 68.5 cm³/mol. The zero-order chi connectivity index (χ0) is 13.3. The number of fused-ring (bicyclic) bond motifs is 1. The molecule has 0 aliphatic rings. The van der Waals surface area contributed by atoms with Crippen molar-refractivity contribution in [1.29, 1.82) is 0 Å². The molecule has 0 radical (unpaired) electrons. The van der Waals surface area contributed by atoms with Crippen molar-refractivity contribution in [3.8, 4) is 0 Å². The molecule has 0 fully saturated rings. The Morgan fingerprint density at radius 1 is 1.22 bits per heavy atom. The van der Waals surface area contributed by atoms with Crippen LogP contribution in [-0.2, 0) is 4.79 Å². The second-order valence-electron chi connectivity index (χ2n) is 4.32. The van der Waals surface area contributed by atoms with Gasteiger partial charge in [-0.2, -0.15) is 0 Å². The van der Waals surface area contributed by atoms with E-state index < -0.39 is 0 Å². The Kier molecular flexibility index (Phi) is 3.19. The minimum absolute atomic E-state index is 0.0628. The lowest BCUT2D eigenvalue weighted by molar-refractivity contribution is -0.119. The highest BCUT2D eigenvalue weighted by Gasteiger charge is 2.22. The van der Waals surface area contributed by atoms with Crippen molar-refractivity contribution < 1.29 is 14.0 Å². The van der Waals surface area contributed by atoms with Crippen molar-refractivity contribution in [2.24, 2.45) is 0 Å². The van der Waals surface area contributed by atoms with Crippen LogP contribution >= 0.6 is 0 Å². The van der Waals surface area contributed by atoms with Gasteiger partial charge in [-0.05, 0) is 19.9 Å². The van der Waals surface area contributed by atoms with Gasteiger partial charge in [0.15, 0.2) is 5.78 Å². The second kappa shape index (κ2) is 4.64. The van der Waals surface area contributed by atoms with Crippen LogP contribution in [0.2, 0.25) is 0 Å². The minimum Gasteiger partial charge on any atom is -0.458 e. The summed E-state index contributed by atoms with van der Waals surface area (Å²) in [5.41, 5.74) is 1.21. The maximum atomic E-state index is 11.8. The average Bonchev–Trinajstić information content (AvgIpc) is 2.67. The standard InChI is InChI=1S/C14H15NO3/c1-8(15-10(3)17)14-13(9(2)16)11-6-4-5-7-12(11)18-14/h4-8H,1-3H3,(H,15,17). The Bertz CT molecular complexity index is 613. The molecule has 18 heavy (non-hydrogen) atoms. The van der Waals surface area contributed by atoms with Gasteiger partial charge in [0.25, 0.3) is 0 Å². The molecule has 1 aromatic heterocycles.